The Bertz CT molecular complexity index is 1620. The van der Waals surface area contributed by atoms with Gasteiger partial charge in [0.05, 0.1) is 24.0 Å². The SMILES string of the molecule is Cc1cc(CC(C)(C)C)cc(C)c1-c1sc2c(-c3cc([Si](C)(C)C)c4ccccc4c3)ncnc2c1C. The Kier molecular flexibility index (Phi) is 6.40. The van der Waals surface area contributed by atoms with E-state index in [0.717, 1.165) is 17.6 Å². The Morgan fingerprint density at radius 2 is 1.54 bits per heavy atom. The summed E-state index contributed by atoms with van der Waals surface area (Å²) < 4.78 is 1.18. The number of nitrogens with zero attached hydrogens (tertiary/aromatic N) is 2. The van der Waals surface area contributed by atoms with Gasteiger partial charge in [0.2, 0.25) is 0 Å². The molecule has 0 aliphatic rings. The molecule has 2 nitrogen and oxygen atoms in total. The van der Waals surface area contributed by atoms with Crippen molar-refractivity contribution in [1.29, 1.82) is 0 Å². The molecule has 2 aromatic heterocycles. The molecule has 0 saturated heterocycles. The van der Waals surface area contributed by atoms with Crippen molar-refractivity contribution < 1.29 is 0 Å². The summed E-state index contributed by atoms with van der Waals surface area (Å²) in [6.45, 7) is 20.9. The molecule has 37 heavy (non-hydrogen) atoms. The third kappa shape index (κ3) is 4.89. The lowest BCUT2D eigenvalue weighted by molar-refractivity contribution is 0.411. The smallest absolute Gasteiger partial charge is 0.116 e. The van der Waals surface area contributed by atoms with E-state index in [-0.39, 0.29) is 5.41 Å². The zero-order chi connectivity index (χ0) is 26.7. The van der Waals surface area contributed by atoms with Crippen LogP contribution < -0.4 is 5.19 Å². The lowest BCUT2D eigenvalue weighted by atomic mass is 9.85. The zero-order valence-electron chi connectivity index (χ0n) is 23.7. The maximum atomic E-state index is 4.87. The van der Waals surface area contributed by atoms with E-state index in [9.17, 15) is 0 Å². The first-order valence-corrected chi connectivity index (χ1v) is 17.5. The van der Waals surface area contributed by atoms with Crippen molar-refractivity contribution >= 4 is 45.6 Å². The highest BCUT2D eigenvalue weighted by Gasteiger charge is 2.23. The number of benzene rings is 3. The maximum Gasteiger partial charge on any atom is 0.116 e. The normalized spacial score (nSPS) is 12.6. The van der Waals surface area contributed by atoms with E-state index in [1.165, 1.54) is 58.9 Å². The van der Waals surface area contributed by atoms with Crippen molar-refractivity contribution in [3.63, 3.8) is 0 Å². The van der Waals surface area contributed by atoms with Crippen LogP contribution in [0, 0.1) is 26.2 Å². The molecule has 0 unspecified atom stereocenters. The van der Waals surface area contributed by atoms with Crippen LogP contribution >= 0.6 is 11.3 Å². The van der Waals surface area contributed by atoms with Gasteiger partial charge in [0.15, 0.2) is 0 Å². The molecule has 0 atom stereocenters. The highest BCUT2D eigenvalue weighted by atomic mass is 32.1. The van der Waals surface area contributed by atoms with Crippen LogP contribution in [0.1, 0.15) is 43.0 Å². The van der Waals surface area contributed by atoms with Crippen LogP contribution in [0.4, 0.5) is 0 Å². The topological polar surface area (TPSA) is 25.8 Å². The second kappa shape index (κ2) is 9.18. The van der Waals surface area contributed by atoms with Gasteiger partial charge in [0, 0.05) is 10.4 Å². The van der Waals surface area contributed by atoms with Gasteiger partial charge >= 0.3 is 0 Å². The van der Waals surface area contributed by atoms with Crippen molar-refractivity contribution in [1.82, 2.24) is 9.97 Å². The molecule has 5 rings (SSSR count). The molecule has 0 amide bonds. The molecule has 0 radical (unpaired) electrons. The van der Waals surface area contributed by atoms with Crippen LogP contribution in [0.5, 0.6) is 0 Å². The summed E-state index contributed by atoms with van der Waals surface area (Å²) >= 11 is 1.85. The summed E-state index contributed by atoms with van der Waals surface area (Å²) in [6.07, 6.45) is 2.83. The number of aryl methyl sites for hydroxylation is 3. The van der Waals surface area contributed by atoms with Crippen molar-refractivity contribution in [2.45, 2.75) is 67.6 Å². The van der Waals surface area contributed by atoms with Gasteiger partial charge < -0.3 is 0 Å². The van der Waals surface area contributed by atoms with E-state index in [1.54, 1.807) is 6.33 Å². The van der Waals surface area contributed by atoms with E-state index >= 15 is 0 Å². The van der Waals surface area contributed by atoms with Crippen molar-refractivity contribution in [2.75, 3.05) is 0 Å². The number of aromatic nitrogens is 2. The van der Waals surface area contributed by atoms with Crippen molar-refractivity contribution in [3.05, 3.63) is 77.1 Å². The van der Waals surface area contributed by atoms with Gasteiger partial charge in [0.1, 0.15) is 6.33 Å². The number of hydrogen-bond donors (Lipinski definition) is 0. The minimum absolute atomic E-state index is 0.271. The third-order valence-electron chi connectivity index (χ3n) is 7.20. The quantitative estimate of drug-likeness (QED) is 0.220. The molecule has 0 saturated carbocycles. The monoisotopic (exact) mass is 522 g/mol. The largest absolute Gasteiger partial charge is 0.235 e. The molecule has 2 heterocycles. The Hall–Kier alpha value is -2.82. The summed E-state index contributed by atoms with van der Waals surface area (Å²) in [5, 5.41) is 4.15. The van der Waals surface area contributed by atoms with Gasteiger partial charge in [-0.2, -0.15) is 0 Å². The number of fused-ring (bicyclic) bond motifs is 2. The molecule has 0 aliphatic carbocycles. The van der Waals surface area contributed by atoms with Crippen LogP contribution in [0.3, 0.4) is 0 Å². The third-order valence-corrected chi connectivity index (χ3v) is 10.5. The summed E-state index contributed by atoms with van der Waals surface area (Å²) in [5.41, 5.74) is 10.3. The zero-order valence-corrected chi connectivity index (χ0v) is 25.5. The summed E-state index contributed by atoms with van der Waals surface area (Å²) in [4.78, 5) is 11.0. The average Bonchev–Trinajstić information content (AvgIpc) is 3.12. The highest BCUT2D eigenvalue weighted by Crippen LogP contribution is 2.43. The van der Waals surface area contributed by atoms with Gasteiger partial charge in [0.25, 0.3) is 0 Å². The summed E-state index contributed by atoms with van der Waals surface area (Å²) in [6, 6.07) is 18.3. The number of rotatable bonds is 4. The average molecular weight is 523 g/mol. The predicted octanol–water partition coefficient (Wildman–Crippen LogP) is 9.24. The molecular formula is C33H38N2SSi. The lowest BCUT2D eigenvalue weighted by Gasteiger charge is -2.21. The first-order chi connectivity index (χ1) is 17.3. The van der Waals surface area contributed by atoms with Gasteiger partial charge in [-0.05, 0) is 77.3 Å². The van der Waals surface area contributed by atoms with Crippen LogP contribution in [-0.2, 0) is 6.42 Å². The van der Waals surface area contributed by atoms with E-state index < -0.39 is 8.07 Å². The van der Waals surface area contributed by atoms with E-state index in [2.05, 4.69) is 110 Å². The minimum atomic E-state index is -1.57. The molecule has 0 bridgehead atoms. The molecule has 4 heteroatoms. The molecule has 0 fully saturated rings. The molecular weight excluding hydrogens is 485 g/mol. The van der Waals surface area contributed by atoms with Gasteiger partial charge in [-0.25, -0.2) is 9.97 Å². The molecule has 0 aliphatic heterocycles. The number of thiophene rings is 1. The molecule has 190 valence electrons. The first-order valence-electron chi connectivity index (χ1n) is 13.2. The van der Waals surface area contributed by atoms with Gasteiger partial charge in [-0.15, -0.1) is 11.3 Å². The second-order valence-electron chi connectivity index (χ2n) is 12.8. The minimum Gasteiger partial charge on any atom is -0.235 e. The Balaban J connectivity index is 1.71. The summed E-state index contributed by atoms with van der Waals surface area (Å²) in [7, 11) is -1.57. The molecule has 5 aromatic rings. The first kappa shape index (κ1) is 25.8. The van der Waals surface area contributed by atoms with E-state index in [1.807, 2.05) is 11.3 Å². The van der Waals surface area contributed by atoms with Crippen molar-refractivity contribution in [3.8, 4) is 21.7 Å². The molecule has 0 spiro atoms. The summed E-state index contributed by atoms with van der Waals surface area (Å²) in [5.74, 6) is 0. The standard InChI is InChI=1S/C33H38N2SSi/c1-20-14-23(18-33(4,5)6)15-21(2)28(20)31-22(3)29-32(36-31)30(35-19-34-29)25-16-24-12-10-11-13-26(24)27(17-25)37(7,8)9/h10-17,19H,18H2,1-9H3. The fraction of sp³-hybridized carbons (Fsp3) is 0.333. The van der Waals surface area contributed by atoms with Gasteiger partial charge in [-0.1, -0.05) is 88.1 Å². The lowest BCUT2D eigenvalue weighted by Crippen LogP contribution is -2.38. The van der Waals surface area contributed by atoms with Crippen LogP contribution in [0.25, 0.3) is 42.7 Å². The fourth-order valence-corrected chi connectivity index (χ4v) is 8.73. The number of hydrogen-bond acceptors (Lipinski definition) is 3. The molecule has 3 aromatic carbocycles. The van der Waals surface area contributed by atoms with Crippen LogP contribution in [0.2, 0.25) is 19.6 Å². The van der Waals surface area contributed by atoms with Crippen LogP contribution in [0.15, 0.2) is 54.9 Å². The fourth-order valence-electron chi connectivity index (χ4n) is 5.66. The van der Waals surface area contributed by atoms with Crippen LogP contribution in [-0.4, -0.2) is 18.0 Å². The Labute approximate surface area is 226 Å². The van der Waals surface area contributed by atoms with E-state index in [4.69, 9.17) is 9.97 Å². The maximum absolute atomic E-state index is 4.87. The predicted molar refractivity (Wildman–Crippen MR) is 166 cm³/mol. The second-order valence-corrected chi connectivity index (χ2v) is 18.9. The Morgan fingerprint density at radius 3 is 2.19 bits per heavy atom. The highest BCUT2D eigenvalue weighted by molar-refractivity contribution is 7.23. The molecule has 0 N–H and O–H groups in total. The van der Waals surface area contributed by atoms with E-state index in [0.29, 0.717) is 0 Å². The Morgan fingerprint density at radius 1 is 0.865 bits per heavy atom. The van der Waals surface area contributed by atoms with Crippen molar-refractivity contribution in [2.24, 2.45) is 5.41 Å². The van der Waals surface area contributed by atoms with Gasteiger partial charge in [-0.3, -0.25) is 0 Å².